The number of methoxy groups -OCH3 is 1. The van der Waals surface area contributed by atoms with Gasteiger partial charge in [0.25, 0.3) is 0 Å². The Bertz CT molecular complexity index is 438. The largest absolute Gasteiger partial charge is 0.469 e. The van der Waals surface area contributed by atoms with Gasteiger partial charge in [-0.25, -0.2) is 0 Å². The fraction of sp³-hybridized carbons (Fsp3) is 0.231. The second-order valence-electron chi connectivity index (χ2n) is 3.57. The molecule has 0 aliphatic carbocycles. The minimum atomic E-state index is -0.369. The molecule has 1 rings (SSSR count). The summed E-state index contributed by atoms with van der Waals surface area (Å²) in [6, 6.07) is 7.46. The summed E-state index contributed by atoms with van der Waals surface area (Å²) in [6.45, 7) is 0. The van der Waals surface area contributed by atoms with Crippen molar-refractivity contribution in [2.75, 3.05) is 7.11 Å². The van der Waals surface area contributed by atoms with Crippen molar-refractivity contribution in [2.24, 2.45) is 5.73 Å². The molecule has 0 aromatic heterocycles. The van der Waals surface area contributed by atoms with Crippen LogP contribution in [0.25, 0.3) is 6.08 Å². The zero-order valence-corrected chi connectivity index (χ0v) is 9.68. The first-order valence-electron chi connectivity index (χ1n) is 5.22. The number of amides is 1. The number of hydrogen-bond donors (Lipinski definition) is 1. The highest BCUT2D eigenvalue weighted by Crippen LogP contribution is 2.08. The highest BCUT2D eigenvalue weighted by atomic mass is 16.5. The molecule has 2 N–H and O–H groups in total. The SMILES string of the molecule is COC(=O)Cc1cccc(C=CCC(N)=O)c1. The fourth-order valence-corrected chi connectivity index (χ4v) is 1.36. The van der Waals surface area contributed by atoms with E-state index in [0.29, 0.717) is 0 Å². The van der Waals surface area contributed by atoms with Gasteiger partial charge in [0, 0.05) is 6.42 Å². The molecule has 1 aromatic carbocycles. The van der Waals surface area contributed by atoms with E-state index in [1.165, 1.54) is 7.11 Å². The number of rotatable bonds is 5. The number of carbonyl (C=O) groups excluding carboxylic acids is 2. The first-order valence-corrected chi connectivity index (χ1v) is 5.22. The number of esters is 1. The first-order chi connectivity index (χ1) is 8.11. The lowest BCUT2D eigenvalue weighted by atomic mass is 10.1. The lowest BCUT2D eigenvalue weighted by Crippen LogP contribution is -2.07. The molecule has 0 fully saturated rings. The van der Waals surface area contributed by atoms with Gasteiger partial charge in [0.05, 0.1) is 13.5 Å². The van der Waals surface area contributed by atoms with E-state index in [0.717, 1.165) is 11.1 Å². The predicted octanol–water partition coefficient (Wildman–Crippen LogP) is 1.29. The van der Waals surface area contributed by atoms with Gasteiger partial charge in [0.1, 0.15) is 0 Å². The summed E-state index contributed by atoms with van der Waals surface area (Å²) in [5.74, 6) is -0.643. The third-order valence-corrected chi connectivity index (χ3v) is 2.16. The number of carbonyl (C=O) groups is 2. The standard InChI is InChI=1S/C13H15NO3/c1-17-13(16)9-11-6-2-4-10(8-11)5-3-7-12(14)15/h2-6,8H,7,9H2,1H3,(H2,14,15). The van der Waals surface area contributed by atoms with Crippen LogP contribution < -0.4 is 5.73 Å². The number of ether oxygens (including phenoxy) is 1. The summed E-state index contributed by atoms with van der Waals surface area (Å²) in [5.41, 5.74) is 6.82. The van der Waals surface area contributed by atoms with Crippen molar-refractivity contribution in [3.8, 4) is 0 Å². The van der Waals surface area contributed by atoms with Gasteiger partial charge < -0.3 is 10.5 Å². The van der Waals surface area contributed by atoms with Crippen LogP contribution in [0.1, 0.15) is 17.5 Å². The van der Waals surface area contributed by atoms with Crippen LogP contribution in [0.4, 0.5) is 0 Å². The van der Waals surface area contributed by atoms with Crippen LogP contribution in [0.2, 0.25) is 0 Å². The average Bonchev–Trinajstić information content (AvgIpc) is 2.29. The van der Waals surface area contributed by atoms with Crippen molar-refractivity contribution >= 4 is 18.0 Å². The summed E-state index contributed by atoms with van der Waals surface area (Å²) < 4.78 is 4.59. The topological polar surface area (TPSA) is 69.4 Å². The van der Waals surface area contributed by atoms with E-state index in [2.05, 4.69) is 4.74 Å². The molecule has 4 heteroatoms. The molecule has 4 nitrogen and oxygen atoms in total. The Morgan fingerprint density at radius 1 is 1.41 bits per heavy atom. The predicted molar refractivity (Wildman–Crippen MR) is 65.0 cm³/mol. The number of nitrogens with two attached hydrogens (primary N) is 1. The van der Waals surface area contributed by atoms with E-state index in [1.807, 2.05) is 24.3 Å². The maximum atomic E-state index is 11.1. The normalized spacial score (nSPS) is 10.4. The van der Waals surface area contributed by atoms with Gasteiger partial charge in [0.15, 0.2) is 0 Å². The van der Waals surface area contributed by atoms with Gasteiger partial charge in [-0.15, -0.1) is 0 Å². The van der Waals surface area contributed by atoms with Crippen LogP contribution in [0.3, 0.4) is 0 Å². The van der Waals surface area contributed by atoms with Crippen LogP contribution in [0.15, 0.2) is 30.3 Å². The van der Waals surface area contributed by atoms with Gasteiger partial charge in [-0.05, 0) is 11.1 Å². The van der Waals surface area contributed by atoms with Crippen molar-refractivity contribution in [3.63, 3.8) is 0 Å². The number of primary amides is 1. The molecule has 0 saturated heterocycles. The van der Waals surface area contributed by atoms with Crippen LogP contribution in [-0.4, -0.2) is 19.0 Å². The Kier molecular flexibility index (Phi) is 4.94. The van der Waals surface area contributed by atoms with E-state index in [4.69, 9.17) is 5.73 Å². The third-order valence-electron chi connectivity index (χ3n) is 2.16. The number of hydrogen-bond acceptors (Lipinski definition) is 3. The van der Waals surface area contributed by atoms with Gasteiger partial charge in [-0.1, -0.05) is 36.4 Å². The smallest absolute Gasteiger partial charge is 0.309 e. The van der Waals surface area contributed by atoms with Crippen molar-refractivity contribution in [3.05, 3.63) is 41.5 Å². The molecule has 0 spiro atoms. The molecule has 90 valence electrons. The summed E-state index contributed by atoms with van der Waals surface area (Å²) in [6.07, 6.45) is 3.94. The van der Waals surface area contributed by atoms with Crippen molar-refractivity contribution in [1.29, 1.82) is 0 Å². The fourth-order valence-electron chi connectivity index (χ4n) is 1.36. The van der Waals surface area contributed by atoms with E-state index >= 15 is 0 Å². The Balaban J connectivity index is 2.68. The Labute approximate surface area is 100 Å². The molecule has 0 atom stereocenters. The summed E-state index contributed by atoms with van der Waals surface area (Å²) in [7, 11) is 1.36. The Morgan fingerprint density at radius 3 is 2.82 bits per heavy atom. The van der Waals surface area contributed by atoms with E-state index in [-0.39, 0.29) is 24.7 Å². The highest BCUT2D eigenvalue weighted by Gasteiger charge is 2.02. The summed E-state index contributed by atoms with van der Waals surface area (Å²) in [5, 5.41) is 0. The Hall–Kier alpha value is -2.10. The molecule has 0 heterocycles. The maximum absolute atomic E-state index is 11.1. The molecule has 0 bridgehead atoms. The molecule has 1 amide bonds. The third kappa shape index (κ3) is 4.97. The van der Waals surface area contributed by atoms with Crippen LogP contribution >= 0.6 is 0 Å². The second-order valence-corrected chi connectivity index (χ2v) is 3.57. The average molecular weight is 233 g/mol. The van der Waals surface area contributed by atoms with Gasteiger partial charge >= 0.3 is 5.97 Å². The summed E-state index contributed by atoms with van der Waals surface area (Å²) in [4.78, 5) is 21.6. The van der Waals surface area contributed by atoms with Crippen LogP contribution in [0, 0.1) is 0 Å². The van der Waals surface area contributed by atoms with Crippen molar-refractivity contribution < 1.29 is 14.3 Å². The minimum Gasteiger partial charge on any atom is -0.469 e. The lowest BCUT2D eigenvalue weighted by molar-refractivity contribution is -0.139. The quantitative estimate of drug-likeness (QED) is 0.779. The molecule has 0 aliphatic heterocycles. The molecular weight excluding hydrogens is 218 g/mol. The lowest BCUT2D eigenvalue weighted by Gasteiger charge is -2.01. The molecule has 0 unspecified atom stereocenters. The Morgan fingerprint density at radius 2 is 2.18 bits per heavy atom. The highest BCUT2D eigenvalue weighted by molar-refractivity contribution is 5.76. The zero-order valence-electron chi connectivity index (χ0n) is 9.68. The van der Waals surface area contributed by atoms with E-state index in [1.54, 1.807) is 12.2 Å². The maximum Gasteiger partial charge on any atom is 0.309 e. The van der Waals surface area contributed by atoms with Crippen molar-refractivity contribution in [1.82, 2.24) is 0 Å². The van der Waals surface area contributed by atoms with E-state index in [9.17, 15) is 9.59 Å². The molecule has 17 heavy (non-hydrogen) atoms. The monoisotopic (exact) mass is 233 g/mol. The van der Waals surface area contributed by atoms with Crippen LogP contribution in [-0.2, 0) is 20.7 Å². The number of benzene rings is 1. The molecule has 0 radical (unpaired) electrons. The minimum absolute atomic E-state index is 0.210. The molecule has 0 saturated carbocycles. The van der Waals surface area contributed by atoms with Gasteiger partial charge in [-0.2, -0.15) is 0 Å². The zero-order chi connectivity index (χ0) is 12.7. The molecular formula is C13H15NO3. The second kappa shape index (κ2) is 6.48. The molecule has 0 aliphatic rings. The van der Waals surface area contributed by atoms with Crippen LogP contribution in [0.5, 0.6) is 0 Å². The van der Waals surface area contributed by atoms with Gasteiger partial charge in [0.2, 0.25) is 5.91 Å². The van der Waals surface area contributed by atoms with Gasteiger partial charge in [-0.3, -0.25) is 9.59 Å². The first kappa shape index (κ1) is 13.0. The molecule has 1 aromatic rings. The van der Waals surface area contributed by atoms with Crippen molar-refractivity contribution in [2.45, 2.75) is 12.8 Å². The summed E-state index contributed by atoms with van der Waals surface area (Å²) >= 11 is 0. The van der Waals surface area contributed by atoms with E-state index < -0.39 is 0 Å².